The van der Waals surface area contributed by atoms with E-state index >= 15 is 0 Å². The van der Waals surface area contributed by atoms with Crippen LogP contribution in [0.2, 0.25) is 15.1 Å². The van der Waals surface area contributed by atoms with Crippen LogP contribution in [0.4, 0.5) is 5.69 Å². The molecule has 39 heavy (non-hydrogen) atoms. The second-order valence-corrected chi connectivity index (χ2v) is 13.1. The summed E-state index contributed by atoms with van der Waals surface area (Å²) < 4.78 is 28.5. The molecule has 0 saturated carbocycles. The molecule has 1 atom stereocenters. The molecule has 0 aliphatic heterocycles. The minimum atomic E-state index is -4.17. The third kappa shape index (κ3) is 8.11. The lowest BCUT2D eigenvalue weighted by Crippen LogP contribution is -2.54. The van der Waals surface area contributed by atoms with Gasteiger partial charge in [-0.3, -0.25) is 13.9 Å². The number of benzene rings is 3. The number of nitrogens with zero attached hydrogens (tertiary/aromatic N) is 2. The van der Waals surface area contributed by atoms with Crippen LogP contribution in [0.25, 0.3) is 0 Å². The van der Waals surface area contributed by atoms with E-state index in [1.54, 1.807) is 61.5 Å². The molecule has 0 aliphatic rings. The average molecular weight is 611 g/mol. The lowest BCUT2D eigenvalue weighted by Gasteiger charge is -2.33. The van der Waals surface area contributed by atoms with E-state index in [0.717, 1.165) is 4.31 Å². The van der Waals surface area contributed by atoms with Crippen LogP contribution < -0.4 is 9.62 Å². The highest BCUT2D eigenvalue weighted by Gasteiger charge is 2.33. The minimum absolute atomic E-state index is 0.00679. The van der Waals surface area contributed by atoms with E-state index in [9.17, 15) is 18.0 Å². The van der Waals surface area contributed by atoms with Crippen LogP contribution in [0, 0.1) is 0 Å². The zero-order chi connectivity index (χ0) is 29.0. The van der Waals surface area contributed by atoms with Gasteiger partial charge in [-0.25, -0.2) is 8.42 Å². The molecule has 2 amide bonds. The molecule has 3 aromatic rings. The van der Waals surface area contributed by atoms with Crippen LogP contribution in [0.15, 0.2) is 77.7 Å². The molecule has 0 spiro atoms. The van der Waals surface area contributed by atoms with Crippen LogP contribution in [0.3, 0.4) is 0 Å². The number of halogens is 3. The number of carbonyl (C=O) groups excluding carboxylic acids is 2. The number of carbonyl (C=O) groups is 2. The zero-order valence-electron chi connectivity index (χ0n) is 22.0. The molecule has 0 heterocycles. The van der Waals surface area contributed by atoms with Crippen LogP contribution in [0.1, 0.15) is 33.3 Å². The van der Waals surface area contributed by atoms with Crippen molar-refractivity contribution in [3.63, 3.8) is 0 Å². The second-order valence-electron chi connectivity index (χ2n) is 9.99. The quantitative estimate of drug-likeness (QED) is 0.314. The Morgan fingerprint density at radius 3 is 2.15 bits per heavy atom. The Balaban J connectivity index is 2.04. The topological polar surface area (TPSA) is 86.8 Å². The van der Waals surface area contributed by atoms with E-state index in [2.05, 4.69) is 5.32 Å². The largest absolute Gasteiger partial charge is 0.350 e. The molecular weight excluding hydrogens is 581 g/mol. The molecule has 0 saturated heterocycles. The minimum Gasteiger partial charge on any atom is -0.350 e. The van der Waals surface area contributed by atoms with Gasteiger partial charge in [-0.05, 0) is 75.7 Å². The van der Waals surface area contributed by atoms with Gasteiger partial charge in [-0.15, -0.1) is 0 Å². The third-order valence-electron chi connectivity index (χ3n) is 5.71. The van der Waals surface area contributed by atoms with Crippen molar-refractivity contribution in [1.29, 1.82) is 0 Å². The Morgan fingerprint density at radius 2 is 1.56 bits per heavy atom. The van der Waals surface area contributed by atoms with Crippen LogP contribution in [-0.4, -0.2) is 43.3 Å². The van der Waals surface area contributed by atoms with E-state index in [4.69, 9.17) is 34.8 Å². The van der Waals surface area contributed by atoms with Crippen LogP contribution >= 0.6 is 34.8 Å². The smallest absolute Gasteiger partial charge is 0.264 e. The molecule has 0 radical (unpaired) electrons. The van der Waals surface area contributed by atoms with Crippen molar-refractivity contribution >= 4 is 62.3 Å². The predicted molar refractivity (Wildman–Crippen MR) is 157 cm³/mol. The molecule has 0 aromatic heterocycles. The van der Waals surface area contributed by atoms with Gasteiger partial charge in [-0.2, -0.15) is 0 Å². The number of anilines is 1. The number of nitrogens with one attached hydrogen (secondary N) is 1. The molecule has 1 unspecified atom stereocenters. The fourth-order valence-corrected chi connectivity index (χ4v) is 5.70. The van der Waals surface area contributed by atoms with Gasteiger partial charge in [0.25, 0.3) is 10.0 Å². The summed E-state index contributed by atoms with van der Waals surface area (Å²) in [6, 6.07) is 18.0. The average Bonchev–Trinajstić information content (AvgIpc) is 2.86. The lowest BCUT2D eigenvalue weighted by atomic mass is 10.1. The van der Waals surface area contributed by atoms with E-state index in [-0.39, 0.29) is 17.1 Å². The van der Waals surface area contributed by atoms with Crippen molar-refractivity contribution in [1.82, 2.24) is 10.2 Å². The maximum absolute atomic E-state index is 13.9. The molecule has 0 aliphatic carbocycles. The first-order chi connectivity index (χ1) is 18.2. The maximum atomic E-state index is 13.9. The highest BCUT2D eigenvalue weighted by Crippen LogP contribution is 2.28. The third-order valence-corrected chi connectivity index (χ3v) is 8.47. The summed E-state index contributed by atoms with van der Waals surface area (Å²) in [5, 5.41) is 3.82. The van der Waals surface area contributed by atoms with Crippen molar-refractivity contribution in [3.8, 4) is 0 Å². The molecule has 3 rings (SSSR count). The summed E-state index contributed by atoms with van der Waals surface area (Å²) in [6.45, 7) is 6.49. The van der Waals surface area contributed by atoms with Crippen molar-refractivity contribution in [2.45, 2.75) is 50.7 Å². The summed E-state index contributed by atoms with van der Waals surface area (Å²) in [5.41, 5.74) is 0.280. The molecule has 208 valence electrons. The summed E-state index contributed by atoms with van der Waals surface area (Å²) in [4.78, 5) is 28.4. The van der Waals surface area contributed by atoms with Gasteiger partial charge in [-0.1, -0.05) is 65.1 Å². The normalized spacial score (nSPS) is 12.5. The van der Waals surface area contributed by atoms with E-state index < -0.39 is 40.0 Å². The van der Waals surface area contributed by atoms with Gasteiger partial charge in [0.1, 0.15) is 12.6 Å². The molecule has 11 heteroatoms. The van der Waals surface area contributed by atoms with Gasteiger partial charge in [0, 0.05) is 17.1 Å². The Kier molecular flexibility index (Phi) is 9.93. The predicted octanol–water partition coefficient (Wildman–Crippen LogP) is 6.17. The van der Waals surface area contributed by atoms with Crippen molar-refractivity contribution in [2.75, 3.05) is 10.8 Å². The van der Waals surface area contributed by atoms with Crippen LogP contribution in [0.5, 0.6) is 0 Å². The number of hydrogen-bond donors (Lipinski definition) is 1. The lowest BCUT2D eigenvalue weighted by molar-refractivity contribution is -0.140. The van der Waals surface area contributed by atoms with Gasteiger partial charge < -0.3 is 10.2 Å². The van der Waals surface area contributed by atoms with E-state index in [1.165, 1.54) is 23.1 Å². The van der Waals surface area contributed by atoms with Crippen molar-refractivity contribution in [2.24, 2.45) is 0 Å². The molecular formula is C28H30Cl3N3O4S. The van der Waals surface area contributed by atoms with Crippen molar-refractivity contribution in [3.05, 3.63) is 93.4 Å². The fraction of sp³-hybridized carbons (Fsp3) is 0.286. The first-order valence-electron chi connectivity index (χ1n) is 12.1. The fourth-order valence-electron chi connectivity index (χ4n) is 3.77. The number of sulfonamides is 1. The standard InChI is InChI=1S/C28H30Cl3N3O4S/c1-19(27(36)32-28(2,3)4)33(17-20-13-14-24(30)25(31)15-20)26(35)18-34(22-10-8-9-21(29)16-22)39(37,38)23-11-6-5-7-12-23/h5-16,19H,17-18H2,1-4H3,(H,32,36). The summed E-state index contributed by atoms with van der Waals surface area (Å²) >= 11 is 18.4. The Labute approximate surface area is 244 Å². The Hall–Kier alpha value is -2.78. The molecule has 0 bridgehead atoms. The highest BCUT2D eigenvalue weighted by atomic mass is 35.5. The highest BCUT2D eigenvalue weighted by molar-refractivity contribution is 7.92. The van der Waals surface area contributed by atoms with E-state index in [0.29, 0.717) is 20.6 Å². The zero-order valence-corrected chi connectivity index (χ0v) is 25.1. The maximum Gasteiger partial charge on any atom is 0.264 e. The van der Waals surface area contributed by atoms with Crippen molar-refractivity contribution < 1.29 is 18.0 Å². The number of rotatable bonds is 9. The van der Waals surface area contributed by atoms with Gasteiger partial charge in [0.2, 0.25) is 11.8 Å². The molecule has 3 aromatic carbocycles. The Morgan fingerprint density at radius 1 is 0.897 bits per heavy atom. The Bertz CT molecular complexity index is 1440. The van der Waals surface area contributed by atoms with Gasteiger partial charge in [0.15, 0.2) is 0 Å². The second kappa shape index (κ2) is 12.6. The van der Waals surface area contributed by atoms with Crippen LogP contribution in [-0.2, 0) is 26.2 Å². The number of hydrogen-bond acceptors (Lipinski definition) is 4. The summed E-state index contributed by atoms with van der Waals surface area (Å²) in [5.74, 6) is -0.992. The number of amides is 2. The summed E-state index contributed by atoms with van der Waals surface area (Å²) in [7, 11) is -4.17. The van der Waals surface area contributed by atoms with Gasteiger partial charge >= 0.3 is 0 Å². The van der Waals surface area contributed by atoms with E-state index in [1.807, 2.05) is 20.8 Å². The SMILES string of the molecule is CC(C(=O)NC(C)(C)C)N(Cc1ccc(Cl)c(Cl)c1)C(=O)CN(c1cccc(Cl)c1)S(=O)(=O)c1ccccc1. The van der Waals surface area contributed by atoms with Gasteiger partial charge in [0.05, 0.1) is 20.6 Å². The first-order valence-corrected chi connectivity index (χ1v) is 14.7. The molecule has 7 nitrogen and oxygen atoms in total. The first kappa shape index (κ1) is 30.8. The molecule has 0 fully saturated rings. The monoisotopic (exact) mass is 609 g/mol. The molecule has 1 N–H and O–H groups in total. The summed E-state index contributed by atoms with van der Waals surface area (Å²) in [6.07, 6.45) is 0.